The smallest absolute Gasteiger partial charge is 0.250 e. The average Bonchev–Trinajstić information content (AvgIpc) is 3.28. The van der Waals surface area contributed by atoms with Crippen LogP contribution in [-0.2, 0) is 0 Å². The molecule has 1 aliphatic carbocycles. The van der Waals surface area contributed by atoms with Gasteiger partial charge >= 0.3 is 0 Å². The normalized spacial score (nSPS) is 15.3. The lowest BCUT2D eigenvalue weighted by molar-refractivity contribution is 0.0999. The third-order valence-corrected chi connectivity index (χ3v) is 6.06. The number of rotatable bonds is 4. The van der Waals surface area contributed by atoms with E-state index in [9.17, 15) is 4.79 Å². The maximum absolute atomic E-state index is 11.9. The summed E-state index contributed by atoms with van der Waals surface area (Å²) in [7, 11) is 0. The number of thiazole rings is 1. The number of nitrogens with two attached hydrogens (primary N) is 1. The third kappa shape index (κ3) is 3.05. The number of hydrogen-bond donors (Lipinski definition) is 1. The highest BCUT2D eigenvalue weighted by atomic mass is 32.1. The minimum Gasteiger partial charge on any atom is -0.366 e. The quantitative estimate of drug-likeness (QED) is 0.734. The van der Waals surface area contributed by atoms with Gasteiger partial charge in [0.25, 0.3) is 5.91 Å². The van der Waals surface area contributed by atoms with Crippen LogP contribution in [0.4, 0.5) is 0 Å². The van der Waals surface area contributed by atoms with Gasteiger partial charge in [0.1, 0.15) is 5.01 Å². The summed E-state index contributed by atoms with van der Waals surface area (Å²) in [6.45, 7) is 1.99. The Morgan fingerprint density at radius 1 is 1.31 bits per heavy atom. The van der Waals surface area contributed by atoms with Crippen molar-refractivity contribution in [2.24, 2.45) is 5.73 Å². The Morgan fingerprint density at radius 2 is 2.12 bits per heavy atom. The highest BCUT2D eigenvalue weighted by Crippen LogP contribution is 2.37. The minimum absolute atomic E-state index is 0.374. The molecule has 3 heterocycles. The largest absolute Gasteiger partial charge is 0.366 e. The highest BCUT2D eigenvalue weighted by Gasteiger charge is 2.25. The summed E-state index contributed by atoms with van der Waals surface area (Å²) in [4.78, 5) is 20.9. The van der Waals surface area contributed by atoms with Gasteiger partial charge in [0.05, 0.1) is 17.0 Å². The number of hydrogen-bond acceptors (Lipinski definition) is 4. The first-order valence-corrected chi connectivity index (χ1v) is 9.91. The molecular weight excluding hydrogens is 344 g/mol. The predicted octanol–water partition coefficient (Wildman–Crippen LogP) is 4.59. The van der Waals surface area contributed by atoms with Gasteiger partial charge in [0.15, 0.2) is 0 Å². The average molecular weight is 366 g/mol. The van der Waals surface area contributed by atoms with Gasteiger partial charge in [-0.2, -0.15) is 0 Å². The first kappa shape index (κ1) is 17.0. The van der Waals surface area contributed by atoms with Crippen molar-refractivity contribution in [2.75, 3.05) is 0 Å². The van der Waals surface area contributed by atoms with Crippen LogP contribution >= 0.6 is 11.3 Å². The fourth-order valence-electron chi connectivity index (χ4n) is 3.89. The van der Waals surface area contributed by atoms with Crippen LogP contribution in [0.15, 0.2) is 36.0 Å². The second kappa shape index (κ2) is 7.03. The Bertz CT molecular complexity index is 923. The van der Waals surface area contributed by atoms with Gasteiger partial charge in [-0.05, 0) is 38.0 Å². The van der Waals surface area contributed by atoms with E-state index in [4.69, 9.17) is 10.7 Å². The lowest BCUT2D eigenvalue weighted by atomic mass is 9.95. The maximum Gasteiger partial charge on any atom is 0.250 e. The van der Waals surface area contributed by atoms with Crippen LogP contribution in [-0.4, -0.2) is 20.4 Å². The second-order valence-corrected chi connectivity index (χ2v) is 7.69. The van der Waals surface area contributed by atoms with Crippen LogP contribution in [0.1, 0.15) is 54.2 Å². The van der Waals surface area contributed by atoms with Crippen molar-refractivity contribution < 1.29 is 4.79 Å². The van der Waals surface area contributed by atoms with Crippen molar-refractivity contribution in [3.8, 4) is 22.0 Å². The Kier molecular flexibility index (Phi) is 4.59. The van der Waals surface area contributed by atoms with Crippen molar-refractivity contribution in [1.82, 2.24) is 14.5 Å². The fraction of sp³-hybridized carbons (Fsp3) is 0.350. The molecule has 0 saturated heterocycles. The summed E-state index contributed by atoms with van der Waals surface area (Å²) in [5.74, 6) is -0.374. The topological polar surface area (TPSA) is 73.8 Å². The van der Waals surface area contributed by atoms with Crippen LogP contribution in [0.5, 0.6) is 0 Å². The molecule has 0 spiro atoms. The molecule has 6 heteroatoms. The number of aromatic nitrogens is 3. The molecule has 3 aromatic rings. The molecule has 26 heavy (non-hydrogen) atoms. The van der Waals surface area contributed by atoms with Crippen LogP contribution in [0.2, 0.25) is 0 Å². The number of amides is 1. The van der Waals surface area contributed by atoms with E-state index in [0.717, 1.165) is 40.5 Å². The summed E-state index contributed by atoms with van der Waals surface area (Å²) < 4.78 is 2.29. The van der Waals surface area contributed by atoms with E-state index in [1.54, 1.807) is 17.5 Å². The first-order valence-electron chi connectivity index (χ1n) is 9.03. The Morgan fingerprint density at radius 3 is 2.81 bits per heavy atom. The molecule has 3 aromatic heterocycles. The summed E-state index contributed by atoms with van der Waals surface area (Å²) >= 11 is 1.60. The maximum atomic E-state index is 11.9. The zero-order chi connectivity index (χ0) is 18.1. The summed E-state index contributed by atoms with van der Waals surface area (Å²) in [5, 5.41) is 2.99. The molecule has 0 aliphatic heterocycles. The molecule has 134 valence electrons. The second-order valence-electron chi connectivity index (χ2n) is 6.83. The Hall–Kier alpha value is -2.47. The Labute approximate surface area is 156 Å². The molecule has 0 atom stereocenters. The van der Waals surface area contributed by atoms with Crippen LogP contribution in [0, 0.1) is 6.92 Å². The summed E-state index contributed by atoms with van der Waals surface area (Å²) in [6, 6.07) is 6.25. The molecule has 0 unspecified atom stereocenters. The number of primary amides is 1. The molecule has 2 N–H and O–H groups in total. The van der Waals surface area contributed by atoms with Gasteiger partial charge in [0.2, 0.25) is 0 Å². The molecule has 1 saturated carbocycles. The zero-order valence-corrected chi connectivity index (χ0v) is 15.6. The van der Waals surface area contributed by atoms with E-state index in [-0.39, 0.29) is 5.91 Å². The van der Waals surface area contributed by atoms with Gasteiger partial charge in [0, 0.05) is 35.1 Å². The van der Waals surface area contributed by atoms with Gasteiger partial charge in [-0.15, -0.1) is 11.3 Å². The molecule has 5 nitrogen and oxygen atoms in total. The molecule has 0 bridgehead atoms. The molecule has 4 rings (SSSR count). The van der Waals surface area contributed by atoms with Crippen LogP contribution < -0.4 is 5.73 Å². The summed E-state index contributed by atoms with van der Waals surface area (Å²) in [6.07, 6.45) is 9.60. The molecule has 0 aromatic carbocycles. The van der Waals surface area contributed by atoms with E-state index in [0.29, 0.717) is 11.6 Å². The number of carbonyl (C=O) groups is 1. The lowest BCUT2D eigenvalue weighted by Crippen LogP contribution is -2.17. The standard InChI is InChI=1S/C20H22N4OS/c1-13-16(19(21)25)10-18(24(13)15-7-3-2-4-8-15)17-12-26-20(23-17)14-6-5-9-22-11-14/h5-6,9-12,15H,2-4,7-8H2,1H3,(H2,21,25). The van der Waals surface area contributed by atoms with E-state index >= 15 is 0 Å². The zero-order valence-electron chi connectivity index (χ0n) is 14.8. The number of pyridine rings is 1. The minimum atomic E-state index is -0.374. The molecular formula is C20H22N4OS. The van der Waals surface area contributed by atoms with Crippen molar-refractivity contribution >= 4 is 17.2 Å². The lowest BCUT2D eigenvalue weighted by Gasteiger charge is -2.26. The van der Waals surface area contributed by atoms with Gasteiger partial charge in [-0.3, -0.25) is 9.78 Å². The van der Waals surface area contributed by atoms with Crippen molar-refractivity contribution in [1.29, 1.82) is 0 Å². The Balaban J connectivity index is 1.79. The molecule has 1 aliphatic rings. The fourth-order valence-corrected chi connectivity index (χ4v) is 4.70. The molecule has 1 fully saturated rings. The van der Waals surface area contributed by atoms with Crippen molar-refractivity contribution in [3.63, 3.8) is 0 Å². The highest BCUT2D eigenvalue weighted by molar-refractivity contribution is 7.13. The van der Waals surface area contributed by atoms with Gasteiger partial charge in [-0.1, -0.05) is 19.3 Å². The van der Waals surface area contributed by atoms with Crippen molar-refractivity contribution in [3.05, 3.63) is 47.2 Å². The third-order valence-electron chi connectivity index (χ3n) is 5.17. The van der Waals surface area contributed by atoms with E-state index in [1.807, 2.05) is 31.3 Å². The number of nitrogens with zero attached hydrogens (tertiary/aromatic N) is 3. The van der Waals surface area contributed by atoms with E-state index < -0.39 is 0 Å². The number of carbonyl (C=O) groups excluding carboxylic acids is 1. The first-order chi connectivity index (χ1) is 12.6. The van der Waals surface area contributed by atoms with E-state index in [2.05, 4.69) is 14.9 Å². The van der Waals surface area contributed by atoms with E-state index in [1.165, 1.54) is 19.3 Å². The molecule has 1 amide bonds. The molecule has 0 radical (unpaired) electrons. The van der Waals surface area contributed by atoms with Gasteiger partial charge in [-0.25, -0.2) is 4.98 Å². The SMILES string of the molecule is Cc1c(C(N)=O)cc(-c2csc(-c3cccnc3)n2)n1C1CCCCC1. The monoisotopic (exact) mass is 366 g/mol. The van der Waals surface area contributed by atoms with Crippen LogP contribution in [0.25, 0.3) is 22.0 Å². The van der Waals surface area contributed by atoms with Crippen molar-refractivity contribution in [2.45, 2.75) is 45.1 Å². The van der Waals surface area contributed by atoms with Gasteiger partial charge < -0.3 is 10.3 Å². The summed E-state index contributed by atoms with van der Waals surface area (Å²) in [5.41, 5.74) is 10.1. The van der Waals surface area contributed by atoms with Crippen LogP contribution in [0.3, 0.4) is 0 Å². The predicted molar refractivity (Wildman–Crippen MR) is 104 cm³/mol.